The zero-order valence-corrected chi connectivity index (χ0v) is 17.3. The third-order valence-corrected chi connectivity index (χ3v) is 6.69. The second-order valence-corrected chi connectivity index (χ2v) is 9.16. The lowest BCUT2D eigenvalue weighted by Crippen LogP contribution is -2.15. The molecule has 0 aliphatic carbocycles. The molecule has 0 aliphatic rings. The first-order chi connectivity index (χ1) is 14.6. The first-order valence-electron chi connectivity index (χ1n) is 8.69. The lowest BCUT2D eigenvalue weighted by Gasteiger charge is -2.12. The highest BCUT2D eigenvalue weighted by atomic mass is 32.2. The second-order valence-electron chi connectivity index (χ2n) is 6.58. The number of H-pyrrole nitrogens is 1. The van der Waals surface area contributed by atoms with Gasteiger partial charge in [-0.15, -0.1) is 11.3 Å². The van der Waals surface area contributed by atoms with Crippen LogP contribution in [0.4, 0.5) is 18.3 Å². The van der Waals surface area contributed by atoms with E-state index >= 15 is 0 Å². The van der Waals surface area contributed by atoms with Gasteiger partial charge in [0.2, 0.25) is 0 Å². The van der Waals surface area contributed by atoms with Crippen molar-refractivity contribution >= 4 is 37.3 Å². The summed E-state index contributed by atoms with van der Waals surface area (Å²) in [6.07, 6.45) is -3.05. The SMILES string of the molecule is Cc1cc(C(F)(F)F)ccc1-c1n[nH]c(=O)c2cc(S(=O)(=O)Nc3nccs3)ccc12. The number of anilines is 1. The van der Waals surface area contributed by atoms with Gasteiger partial charge in [0.15, 0.2) is 5.13 Å². The van der Waals surface area contributed by atoms with E-state index < -0.39 is 27.3 Å². The van der Waals surface area contributed by atoms with Gasteiger partial charge in [0.25, 0.3) is 15.6 Å². The Morgan fingerprint density at radius 1 is 1.10 bits per heavy atom. The van der Waals surface area contributed by atoms with Crippen molar-refractivity contribution in [2.24, 2.45) is 0 Å². The minimum absolute atomic E-state index is 0.0336. The van der Waals surface area contributed by atoms with Crippen molar-refractivity contribution < 1.29 is 21.6 Å². The van der Waals surface area contributed by atoms with Crippen LogP contribution in [0.1, 0.15) is 11.1 Å². The van der Waals surface area contributed by atoms with Crippen LogP contribution in [0, 0.1) is 6.92 Å². The van der Waals surface area contributed by atoms with Crippen LogP contribution in [-0.2, 0) is 16.2 Å². The molecule has 160 valence electrons. The second kappa shape index (κ2) is 7.46. The van der Waals surface area contributed by atoms with Gasteiger partial charge >= 0.3 is 6.18 Å². The van der Waals surface area contributed by atoms with Crippen molar-refractivity contribution in [3.8, 4) is 11.3 Å². The van der Waals surface area contributed by atoms with Crippen LogP contribution in [-0.4, -0.2) is 23.6 Å². The monoisotopic (exact) mass is 466 g/mol. The molecule has 7 nitrogen and oxygen atoms in total. The quantitative estimate of drug-likeness (QED) is 0.470. The highest BCUT2D eigenvalue weighted by molar-refractivity contribution is 7.93. The van der Waals surface area contributed by atoms with Gasteiger partial charge in [-0.3, -0.25) is 9.52 Å². The van der Waals surface area contributed by atoms with E-state index in [1.807, 2.05) is 0 Å². The molecule has 0 radical (unpaired) electrons. The maximum absolute atomic E-state index is 13.0. The topological polar surface area (TPSA) is 105 Å². The molecule has 0 amide bonds. The summed E-state index contributed by atoms with van der Waals surface area (Å²) >= 11 is 1.10. The van der Waals surface area contributed by atoms with E-state index in [1.54, 1.807) is 5.38 Å². The summed E-state index contributed by atoms with van der Waals surface area (Å²) in [5.41, 5.74) is -0.514. The Hall–Kier alpha value is -3.25. The summed E-state index contributed by atoms with van der Waals surface area (Å²) in [6.45, 7) is 1.50. The zero-order chi connectivity index (χ0) is 22.4. The van der Waals surface area contributed by atoms with Gasteiger partial charge in [0, 0.05) is 22.5 Å². The molecular formula is C19H13F3N4O3S2. The van der Waals surface area contributed by atoms with Gasteiger partial charge in [0.05, 0.1) is 21.5 Å². The van der Waals surface area contributed by atoms with Crippen LogP contribution < -0.4 is 10.3 Å². The normalized spacial score (nSPS) is 12.3. The van der Waals surface area contributed by atoms with E-state index in [0.717, 1.165) is 23.5 Å². The summed E-state index contributed by atoms with van der Waals surface area (Å²) in [5.74, 6) is 0. The highest BCUT2D eigenvalue weighted by Gasteiger charge is 2.31. The van der Waals surface area contributed by atoms with E-state index in [1.165, 1.54) is 37.4 Å². The van der Waals surface area contributed by atoms with E-state index in [9.17, 15) is 26.4 Å². The van der Waals surface area contributed by atoms with Gasteiger partial charge in [0.1, 0.15) is 0 Å². The average molecular weight is 466 g/mol. The average Bonchev–Trinajstić information content (AvgIpc) is 3.20. The van der Waals surface area contributed by atoms with Crippen molar-refractivity contribution in [2.75, 3.05) is 4.72 Å². The molecule has 2 heterocycles. The Balaban J connectivity index is 1.83. The molecular weight excluding hydrogens is 453 g/mol. The lowest BCUT2D eigenvalue weighted by molar-refractivity contribution is -0.137. The molecule has 31 heavy (non-hydrogen) atoms. The molecule has 0 atom stereocenters. The van der Waals surface area contributed by atoms with Gasteiger partial charge < -0.3 is 0 Å². The summed E-state index contributed by atoms with van der Waals surface area (Å²) in [7, 11) is -4.00. The maximum Gasteiger partial charge on any atom is 0.416 e. The number of hydrogen-bond acceptors (Lipinski definition) is 6. The van der Waals surface area contributed by atoms with Crippen molar-refractivity contribution in [3.63, 3.8) is 0 Å². The Labute approximate surface area is 177 Å². The Bertz CT molecular complexity index is 1450. The summed E-state index contributed by atoms with van der Waals surface area (Å²) in [4.78, 5) is 16.0. The molecule has 0 spiro atoms. The van der Waals surface area contributed by atoms with E-state index in [0.29, 0.717) is 16.5 Å². The number of aryl methyl sites for hydroxylation is 1. The molecule has 0 fully saturated rings. The fraction of sp³-hybridized carbons (Fsp3) is 0.105. The standard InChI is InChI=1S/C19H13F3N4O3S2/c1-10-8-11(19(20,21)22)2-4-13(10)16-14-5-3-12(9-15(14)17(27)25-24-16)31(28,29)26-18-23-6-7-30-18/h2-9H,1H3,(H,23,26)(H,25,27). The van der Waals surface area contributed by atoms with Crippen LogP contribution in [0.2, 0.25) is 0 Å². The molecule has 0 bridgehead atoms. The number of rotatable bonds is 4. The number of halogens is 3. The van der Waals surface area contributed by atoms with E-state index in [4.69, 9.17) is 0 Å². The van der Waals surface area contributed by atoms with E-state index in [2.05, 4.69) is 19.9 Å². The summed E-state index contributed by atoms with van der Waals surface area (Å²) < 4.78 is 66.5. The van der Waals surface area contributed by atoms with Gasteiger partial charge in [-0.05, 0) is 36.8 Å². The number of aromatic nitrogens is 3. The molecule has 4 aromatic rings. The Morgan fingerprint density at radius 2 is 1.87 bits per heavy atom. The number of alkyl halides is 3. The maximum atomic E-state index is 13.0. The number of aromatic amines is 1. The molecule has 2 aromatic heterocycles. The minimum atomic E-state index is -4.49. The highest BCUT2D eigenvalue weighted by Crippen LogP contribution is 2.34. The van der Waals surface area contributed by atoms with Crippen molar-refractivity contribution in [2.45, 2.75) is 18.0 Å². The number of hydrogen-bond donors (Lipinski definition) is 2. The fourth-order valence-electron chi connectivity index (χ4n) is 3.07. The van der Waals surface area contributed by atoms with Crippen molar-refractivity contribution in [3.05, 3.63) is 69.5 Å². The molecule has 12 heteroatoms. The predicted molar refractivity (Wildman–Crippen MR) is 110 cm³/mol. The van der Waals surface area contributed by atoms with Gasteiger partial charge in [-0.25, -0.2) is 18.5 Å². The third kappa shape index (κ3) is 4.03. The number of nitrogens with one attached hydrogen (secondary N) is 2. The third-order valence-electron chi connectivity index (χ3n) is 4.53. The Kier molecular flexibility index (Phi) is 5.06. The van der Waals surface area contributed by atoms with Crippen molar-refractivity contribution in [1.29, 1.82) is 0 Å². The van der Waals surface area contributed by atoms with E-state index in [-0.39, 0.29) is 21.1 Å². The van der Waals surface area contributed by atoms with Gasteiger partial charge in [-0.1, -0.05) is 12.1 Å². The lowest BCUT2D eigenvalue weighted by atomic mass is 9.99. The largest absolute Gasteiger partial charge is 0.416 e. The number of fused-ring (bicyclic) bond motifs is 1. The first kappa shape index (κ1) is 21.0. The zero-order valence-electron chi connectivity index (χ0n) is 15.7. The predicted octanol–water partition coefficient (Wildman–Crippen LogP) is 4.17. The van der Waals surface area contributed by atoms with Crippen LogP contribution in [0.15, 0.2) is 57.7 Å². The molecule has 0 saturated carbocycles. The van der Waals surface area contributed by atoms with Crippen LogP contribution in [0.3, 0.4) is 0 Å². The molecule has 0 aliphatic heterocycles. The number of benzene rings is 2. The fourth-order valence-corrected chi connectivity index (χ4v) is 4.89. The molecule has 0 saturated heterocycles. The molecule has 2 N–H and O–H groups in total. The van der Waals surface area contributed by atoms with Crippen molar-refractivity contribution in [1.82, 2.24) is 15.2 Å². The van der Waals surface area contributed by atoms with Crippen LogP contribution in [0.25, 0.3) is 22.0 Å². The van der Waals surface area contributed by atoms with Crippen LogP contribution >= 0.6 is 11.3 Å². The number of thiazole rings is 1. The summed E-state index contributed by atoms with van der Waals surface area (Å²) in [5, 5.41) is 8.39. The molecule has 4 rings (SSSR count). The Morgan fingerprint density at radius 3 is 2.52 bits per heavy atom. The first-order valence-corrected chi connectivity index (χ1v) is 11.1. The van der Waals surface area contributed by atoms with Crippen LogP contribution in [0.5, 0.6) is 0 Å². The molecule has 0 unspecified atom stereocenters. The van der Waals surface area contributed by atoms with Gasteiger partial charge in [-0.2, -0.15) is 18.3 Å². The summed E-state index contributed by atoms with van der Waals surface area (Å²) in [6, 6.07) is 7.08. The number of nitrogens with zero attached hydrogens (tertiary/aromatic N) is 2. The molecule has 2 aromatic carbocycles. The minimum Gasteiger partial charge on any atom is -0.267 e. The number of sulfonamides is 1. The smallest absolute Gasteiger partial charge is 0.267 e.